The minimum Gasteiger partial charge on any atom is -0.494 e. The Kier molecular flexibility index (Phi) is 3.89. The van der Waals surface area contributed by atoms with Crippen LogP contribution >= 0.6 is 12.2 Å². The first-order valence-corrected chi connectivity index (χ1v) is 8.43. The average molecular weight is 361 g/mol. The monoisotopic (exact) mass is 361 g/mol. The topological polar surface area (TPSA) is 70.4 Å². The van der Waals surface area contributed by atoms with Crippen LogP contribution in [0.3, 0.4) is 0 Å². The number of hydrogen-bond donors (Lipinski definition) is 2. The Morgan fingerprint density at radius 3 is 2.42 bits per heavy atom. The van der Waals surface area contributed by atoms with E-state index in [9.17, 15) is 9.90 Å². The number of hydrogen-bond acceptors (Lipinski definition) is 4. The summed E-state index contributed by atoms with van der Waals surface area (Å²) in [5.41, 5.74) is 0.289. The van der Waals surface area contributed by atoms with Gasteiger partial charge in [-0.1, -0.05) is 30.3 Å². The van der Waals surface area contributed by atoms with Gasteiger partial charge in [-0.15, -0.1) is 0 Å². The van der Waals surface area contributed by atoms with Crippen molar-refractivity contribution < 1.29 is 5.11 Å². The Bertz CT molecular complexity index is 1300. The molecule has 1 aromatic heterocycles. The third-order valence-corrected chi connectivity index (χ3v) is 4.74. The summed E-state index contributed by atoms with van der Waals surface area (Å²) in [4.78, 5) is 18.9. The number of aromatic amines is 1. The molecule has 4 rings (SSSR count). The summed E-state index contributed by atoms with van der Waals surface area (Å²) in [6.07, 6.45) is 1.35. The second-order valence-corrected chi connectivity index (χ2v) is 6.43. The minimum atomic E-state index is -0.471. The van der Waals surface area contributed by atoms with Crippen LogP contribution in [0.2, 0.25) is 0 Å². The predicted molar refractivity (Wildman–Crippen MR) is 107 cm³/mol. The number of rotatable bonds is 2. The molecule has 26 heavy (non-hydrogen) atoms. The second kappa shape index (κ2) is 6.24. The Labute approximate surface area is 153 Å². The largest absolute Gasteiger partial charge is 0.494 e. The van der Waals surface area contributed by atoms with Crippen LogP contribution in [0, 0.1) is 4.77 Å². The van der Waals surface area contributed by atoms with Gasteiger partial charge in [0, 0.05) is 13.3 Å². The summed E-state index contributed by atoms with van der Waals surface area (Å²) in [6, 6.07) is 18.2. The SMILES string of the molecule is Cn1c(O)c(C=Nc2ccc3cc4ccccc4cc3c2)c(=O)[nH]c1=S. The highest BCUT2D eigenvalue weighted by atomic mass is 32.1. The van der Waals surface area contributed by atoms with Crippen LogP contribution in [-0.4, -0.2) is 20.9 Å². The van der Waals surface area contributed by atoms with Crippen molar-refractivity contribution in [3.63, 3.8) is 0 Å². The fraction of sp³-hybridized carbons (Fsp3) is 0.0500. The van der Waals surface area contributed by atoms with E-state index in [1.807, 2.05) is 30.3 Å². The smallest absolute Gasteiger partial charge is 0.264 e. The molecule has 2 N–H and O–H groups in total. The van der Waals surface area contributed by atoms with Gasteiger partial charge in [-0.3, -0.25) is 19.3 Å². The number of aromatic hydroxyl groups is 1. The summed E-state index contributed by atoms with van der Waals surface area (Å²) in [6.45, 7) is 0. The van der Waals surface area contributed by atoms with Gasteiger partial charge >= 0.3 is 0 Å². The van der Waals surface area contributed by atoms with Gasteiger partial charge in [-0.05, 0) is 58.0 Å². The number of nitrogens with one attached hydrogen (secondary N) is 1. The molecule has 5 nitrogen and oxygen atoms in total. The summed E-state index contributed by atoms with van der Waals surface area (Å²) in [7, 11) is 1.58. The number of fused-ring (bicyclic) bond motifs is 2. The van der Waals surface area contributed by atoms with E-state index in [2.05, 4.69) is 34.2 Å². The molecule has 6 heteroatoms. The summed E-state index contributed by atoms with van der Waals surface area (Å²) < 4.78 is 1.48. The van der Waals surface area contributed by atoms with E-state index in [4.69, 9.17) is 12.2 Å². The maximum atomic E-state index is 12.0. The predicted octanol–water partition coefficient (Wildman–Crippen LogP) is 4.21. The van der Waals surface area contributed by atoms with E-state index in [1.165, 1.54) is 16.2 Å². The number of nitrogens with zero attached hydrogens (tertiary/aromatic N) is 2. The minimum absolute atomic E-state index is 0.0692. The van der Waals surface area contributed by atoms with E-state index in [0.717, 1.165) is 16.2 Å². The van der Waals surface area contributed by atoms with Crippen molar-refractivity contribution in [2.45, 2.75) is 0 Å². The van der Waals surface area contributed by atoms with Crippen molar-refractivity contribution in [3.8, 4) is 5.88 Å². The summed E-state index contributed by atoms with van der Waals surface area (Å²) in [5, 5.41) is 14.6. The maximum absolute atomic E-state index is 12.0. The molecule has 4 aromatic rings. The zero-order valence-electron chi connectivity index (χ0n) is 13.9. The molecule has 0 radical (unpaired) electrons. The molecule has 128 valence electrons. The van der Waals surface area contributed by atoms with E-state index >= 15 is 0 Å². The zero-order chi connectivity index (χ0) is 18.3. The zero-order valence-corrected chi connectivity index (χ0v) is 14.7. The van der Waals surface area contributed by atoms with Crippen LogP contribution < -0.4 is 5.56 Å². The van der Waals surface area contributed by atoms with Crippen LogP contribution in [0.1, 0.15) is 5.56 Å². The van der Waals surface area contributed by atoms with Gasteiger partial charge in [0.2, 0.25) is 5.88 Å². The molecule has 0 unspecified atom stereocenters. The third kappa shape index (κ3) is 2.80. The average Bonchev–Trinajstić information content (AvgIpc) is 2.64. The Morgan fingerprint density at radius 1 is 1.04 bits per heavy atom. The molecule has 0 saturated heterocycles. The molecule has 0 atom stereocenters. The van der Waals surface area contributed by atoms with Crippen molar-refractivity contribution in [1.82, 2.24) is 9.55 Å². The molecule has 0 fully saturated rings. The lowest BCUT2D eigenvalue weighted by atomic mass is 10.0. The molecular weight excluding hydrogens is 346 g/mol. The molecule has 0 aliphatic carbocycles. The van der Waals surface area contributed by atoms with Crippen molar-refractivity contribution in [3.05, 3.63) is 75.3 Å². The molecule has 3 aromatic carbocycles. The van der Waals surface area contributed by atoms with E-state index in [1.54, 1.807) is 7.05 Å². The fourth-order valence-electron chi connectivity index (χ4n) is 2.89. The number of H-pyrrole nitrogens is 1. The van der Waals surface area contributed by atoms with Crippen molar-refractivity contribution in [2.24, 2.45) is 12.0 Å². The van der Waals surface area contributed by atoms with Crippen molar-refractivity contribution >= 4 is 45.7 Å². The first kappa shape index (κ1) is 16.2. The van der Waals surface area contributed by atoms with Crippen molar-refractivity contribution in [2.75, 3.05) is 0 Å². The Morgan fingerprint density at radius 2 is 1.69 bits per heavy atom. The van der Waals surface area contributed by atoms with Gasteiger partial charge < -0.3 is 5.11 Å². The number of aromatic nitrogens is 2. The van der Waals surface area contributed by atoms with Gasteiger partial charge in [0.15, 0.2) is 4.77 Å². The highest BCUT2D eigenvalue weighted by Crippen LogP contribution is 2.26. The van der Waals surface area contributed by atoms with Crippen LogP contribution in [0.5, 0.6) is 5.88 Å². The van der Waals surface area contributed by atoms with Gasteiger partial charge in [-0.2, -0.15) is 0 Å². The standard InChI is InChI=1S/C20H15N3O2S/c1-23-19(25)17(18(24)22-20(23)26)11-21-16-7-6-14-8-12-4-2-3-5-13(12)9-15(14)10-16/h2-11,25H,1H3,(H,22,24,26). The molecule has 0 aliphatic heterocycles. The van der Waals surface area contributed by atoms with Gasteiger partial charge in [-0.25, -0.2) is 0 Å². The van der Waals surface area contributed by atoms with Crippen LogP contribution in [0.4, 0.5) is 5.69 Å². The van der Waals surface area contributed by atoms with Crippen LogP contribution in [0.25, 0.3) is 21.5 Å². The summed E-state index contributed by atoms with van der Waals surface area (Å²) >= 11 is 4.96. The van der Waals surface area contributed by atoms with Crippen LogP contribution in [0.15, 0.2) is 64.4 Å². The van der Waals surface area contributed by atoms with Gasteiger partial charge in [0.05, 0.1) is 5.69 Å². The molecule has 1 heterocycles. The lowest BCUT2D eigenvalue weighted by Crippen LogP contribution is -2.17. The second-order valence-electron chi connectivity index (χ2n) is 6.04. The molecule has 0 bridgehead atoms. The number of benzene rings is 3. The Balaban J connectivity index is 1.79. The highest BCUT2D eigenvalue weighted by Gasteiger charge is 2.08. The third-order valence-electron chi connectivity index (χ3n) is 4.36. The first-order valence-electron chi connectivity index (χ1n) is 8.02. The normalized spacial score (nSPS) is 11.6. The lowest BCUT2D eigenvalue weighted by molar-refractivity contribution is 0.420. The molecule has 0 amide bonds. The molecular formula is C20H15N3O2S. The van der Waals surface area contributed by atoms with Gasteiger partial charge in [0.1, 0.15) is 5.56 Å². The van der Waals surface area contributed by atoms with Crippen molar-refractivity contribution in [1.29, 1.82) is 0 Å². The molecule has 0 aliphatic rings. The van der Waals surface area contributed by atoms with Crippen LogP contribution in [-0.2, 0) is 7.05 Å². The van der Waals surface area contributed by atoms with E-state index in [-0.39, 0.29) is 16.2 Å². The Hall–Kier alpha value is -3.25. The first-order chi connectivity index (χ1) is 12.5. The molecule has 0 spiro atoms. The fourth-order valence-corrected chi connectivity index (χ4v) is 3.07. The van der Waals surface area contributed by atoms with Gasteiger partial charge in [0.25, 0.3) is 5.56 Å². The van der Waals surface area contributed by atoms with E-state index in [0.29, 0.717) is 5.69 Å². The molecule has 0 saturated carbocycles. The van der Waals surface area contributed by atoms with E-state index < -0.39 is 5.56 Å². The highest BCUT2D eigenvalue weighted by molar-refractivity contribution is 7.71. The maximum Gasteiger partial charge on any atom is 0.264 e. The number of aliphatic imine (C=N–C) groups is 1. The summed E-state index contributed by atoms with van der Waals surface area (Å²) in [5.74, 6) is -0.214. The quantitative estimate of drug-likeness (QED) is 0.319. The lowest BCUT2D eigenvalue weighted by Gasteiger charge is -2.05.